The second-order valence-electron chi connectivity index (χ2n) is 4.17. The second-order valence-corrected chi connectivity index (χ2v) is 4.17. The topological polar surface area (TPSA) is 45.5 Å². The van der Waals surface area contributed by atoms with Gasteiger partial charge in [-0.05, 0) is 18.2 Å². The second kappa shape index (κ2) is 5.80. The first-order valence-electron chi connectivity index (χ1n) is 5.79. The Hall–Kier alpha value is -1.64. The van der Waals surface area contributed by atoms with Crippen molar-refractivity contribution >= 4 is 5.69 Å². The standard InChI is InChI=1S/C13H15FN2O2/c1-17-9-11-8-16(4-5-18-11)13-3-2-10(7-15)6-12(13)14/h2-3,6,11H,4-5,8-9H2,1H3/t11-/m1/s1. The van der Waals surface area contributed by atoms with Crippen molar-refractivity contribution in [1.82, 2.24) is 0 Å². The molecule has 0 N–H and O–H groups in total. The van der Waals surface area contributed by atoms with E-state index in [0.717, 1.165) is 0 Å². The lowest BCUT2D eigenvalue weighted by atomic mass is 10.1. The van der Waals surface area contributed by atoms with Crippen LogP contribution in [0, 0.1) is 17.1 Å². The Morgan fingerprint density at radius 2 is 2.44 bits per heavy atom. The van der Waals surface area contributed by atoms with Crippen molar-refractivity contribution in [2.45, 2.75) is 6.10 Å². The molecular weight excluding hydrogens is 235 g/mol. The summed E-state index contributed by atoms with van der Waals surface area (Å²) in [6.07, 6.45) is -0.0428. The Balaban J connectivity index is 2.13. The third-order valence-electron chi connectivity index (χ3n) is 2.91. The van der Waals surface area contributed by atoms with Crippen LogP contribution in [0.15, 0.2) is 18.2 Å². The van der Waals surface area contributed by atoms with Gasteiger partial charge >= 0.3 is 0 Å². The lowest BCUT2D eigenvalue weighted by Gasteiger charge is -2.34. The van der Waals surface area contributed by atoms with Gasteiger partial charge in [-0.15, -0.1) is 0 Å². The average Bonchev–Trinajstić information content (AvgIpc) is 2.39. The molecule has 0 spiro atoms. The quantitative estimate of drug-likeness (QED) is 0.816. The van der Waals surface area contributed by atoms with Gasteiger partial charge in [0.05, 0.1) is 36.6 Å². The average molecular weight is 250 g/mol. The van der Waals surface area contributed by atoms with Gasteiger partial charge in [-0.3, -0.25) is 0 Å². The van der Waals surface area contributed by atoms with Gasteiger partial charge in [-0.2, -0.15) is 5.26 Å². The summed E-state index contributed by atoms with van der Waals surface area (Å²) in [7, 11) is 1.62. The predicted molar refractivity (Wildman–Crippen MR) is 64.9 cm³/mol. The van der Waals surface area contributed by atoms with Crippen molar-refractivity contribution in [3.8, 4) is 6.07 Å². The molecule has 0 amide bonds. The largest absolute Gasteiger partial charge is 0.382 e. The Labute approximate surface area is 106 Å². The number of halogens is 1. The molecule has 1 heterocycles. The minimum Gasteiger partial charge on any atom is -0.382 e. The Morgan fingerprint density at radius 1 is 1.61 bits per heavy atom. The summed E-state index contributed by atoms with van der Waals surface area (Å²) in [5, 5.41) is 8.71. The summed E-state index contributed by atoms with van der Waals surface area (Å²) >= 11 is 0. The van der Waals surface area contributed by atoms with E-state index in [0.29, 0.717) is 37.6 Å². The highest BCUT2D eigenvalue weighted by molar-refractivity contribution is 5.51. The number of rotatable bonds is 3. The van der Waals surface area contributed by atoms with E-state index < -0.39 is 0 Å². The van der Waals surface area contributed by atoms with Crippen molar-refractivity contribution in [2.24, 2.45) is 0 Å². The molecule has 96 valence electrons. The first kappa shape index (κ1) is 12.8. The van der Waals surface area contributed by atoms with E-state index in [1.165, 1.54) is 6.07 Å². The number of hydrogen-bond donors (Lipinski definition) is 0. The van der Waals surface area contributed by atoms with Crippen LogP contribution >= 0.6 is 0 Å². The smallest absolute Gasteiger partial charge is 0.147 e. The SMILES string of the molecule is COC[C@H]1CN(c2ccc(C#N)cc2F)CCO1. The zero-order valence-electron chi connectivity index (χ0n) is 10.2. The highest BCUT2D eigenvalue weighted by Gasteiger charge is 2.22. The third-order valence-corrected chi connectivity index (χ3v) is 2.91. The fourth-order valence-corrected chi connectivity index (χ4v) is 2.06. The van der Waals surface area contributed by atoms with Gasteiger partial charge in [0.2, 0.25) is 0 Å². The molecule has 0 aromatic heterocycles. The number of benzene rings is 1. The van der Waals surface area contributed by atoms with Crippen molar-refractivity contribution in [3.05, 3.63) is 29.6 Å². The van der Waals surface area contributed by atoms with Gasteiger partial charge in [0.1, 0.15) is 5.82 Å². The molecule has 1 aromatic rings. The van der Waals surface area contributed by atoms with Crippen LogP contribution in [0.1, 0.15) is 5.56 Å². The molecule has 2 rings (SSSR count). The van der Waals surface area contributed by atoms with Crippen LogP contribution in [0.3, 0.4) is 0 Å². The van der Waals surface area contributed by atoms with Crippen LogP contribution in [-0.2, 0) is 9.47 Å². The molecule has 1 saturated heterocycles. The highest BCUT2D eigenvalue weighted by Crippen LogP contribution is 2.22. The molecule has 1 aromatic carbocycles. The third kappa shape index (κ3) is 2.78. The van der Waals surface area contributed by atoms with Gasteiger partial charge in [0, 0.05) is 20.2 Å². The molecule has 0 unspecified atom stereocenters. The number of methoxy groups -OCH3 is 1. The van der Waals surface area contributed by atoms with Crippen LogP contribution < -0.4 is 4.90 Å². The van der Waals surface area contributed by atoms with E-state index >= 15 is 0 Å². The summed E-state index contributed by atoms with van der Waals surface area (Å²) in [5.41, 5.74) is 0.844. The molecule has 0 radical (unpaired) electrons. The van der Waals surface area contributed by atoms with E-state index in [4.69, 9.17) is 14.7 Å². The van der Waals surface area contributed by atoms with Crippen LogP contribution in [0.4, 0.5) is 10.1 Å². The number of nitriles is 1. The number of nitrogens with zero attached hydrogens (tertiary/aromatic N) is 2. The maximum atomic E-state index is 13.9. The summed E-state index contributed by atoms with van der Waals surface area (Å²) < 4.78 is 24.4. The van der Waals surface area contributed by atoms with Crippen LogP contribution in [0.2, 0.25) is 0 Å². The lowest BCUT2D eigenvalue weighted by Crippen LogP contribution is -2.44. The first-order valence-corrected chi connectivity index (χ1v) is 5.79. The van der Waals surface area contributed by atoms with Crippen molar-refractivity contribution in [2.75, 3.05) is 38.3 Å². The van der Waals surface area contributed by atoms with Gasteiger partial charge in [-0.1, -0.05) is 0 Å². The number of ether oxygens (including phenoxy) is 2. The summed E-state index contributed by atoms with van der Waals surface area (Å²) in [4.78, 5) is 1.92. The van der Waals surface area contributed by atoms with Crippen molar-refractivity contribution in [3.63, 3.8) is 0 Å². The summed E-state index contributed by atoms with van der Waals surface area (Å²) in [6, 6.07) is 6.45. The molecule has 5 heteroatoms. The summed E-state index contributed by atoms with van der Waals surface area (Å²) in [5.74, 6) is -0.368. The predicted octanol–water partition coefficient (Wildman–Crippen LogP) is 1.55. The number of hydrogen-bond acceptors (Lipinski definition) is 4. The molecular formula is C13H15FN2O2. The maximum Gasteiger partial charge on any atom is 0.147 e. The fraction of sp³-hybridized carbons (Fsp3) is 0.462. The molecule has 18 heavy (non-hydrogen) atoms. The molecule has 1 aliphatic heterocycles. The zero-order chi connectivity index (χ0) is 13.0. The Bertz CT molecular complexity index is 457. The monoisotopic (exact) mass is 250 g/mol. The molecule has 1 fully saturated rings. The highest BCUT2D eigenvalue weighted by atomic mass is 19.1. The minimum absolute atomic E-state index is 0.0428. The first-order chi connectivity index (χ1) is 8.74. The number of anilines is 1. The van der Waals surface area contributed by atoms with Gasteiger partial charge in [0.25, 0.3) is 0 Å². The van der Waals surface area contributed by atoms with Crippen LogP contribution in [0.25, 0.3) is 0 Å². The molecule has 0 saturated carbocycles. The lowest BCUT2D eigenvalue weighted by molar-refractivity contribution is -0.0102. The molecule has 1 atom stereocenters. The molecule has 4 nitrogen and oxygen atoms in total. The van der Waals surface area contributed by atoms with Crippen molar-refractivity contribution in [1.29, 1.82) is 5.26 Å². The van der Waals surface area contributed by atoms with E-state index in [1.807, 2.05) is 11.0 Å². The van der Waals surface area contributed by atoms with Gasteiger partial charge in [-0.25, -0.2) is 4.39 Å². The van der Waals surface area contributed by atoms with Crippen LogP contribution in [0.5, 0.6) is 0 Å². The molecule has 0 bridgehead atoms. The fourth-order valence-electron chi connectivity index (χ4n) is 2.06. The van der Waals surface area contributed by atoms with E-state index in [2.05, 4.69) is 0 Å². The van der Waals surface area contributed by atoms with E-state index in [-0.39, 0.29) is 11.9 Å². The van der Waals surface area contributed by atoms with Crippen LogP contribution in [-0.4, -0.2) is 39.5 Å². The Morgan fingerprint density at radius 3 is 3.11 bits per heavy atom. The normalized spacial score (nSPS) is 19.6. The van der Waals surface area contributed by atoms with E-state index in [1.54, 1.807) is 19.2 Å². The Kier molecular flexibility index (Phi) is 4.13. The zero-order valence-corrected chi connectivity index (χ0v) is 10.2. The summed E-state index contributed by atoms with van der Waals surface area (Å²) in [6.45, 7) is 2.28. The maximum absolute atomic E-state index is 13.9. The minimum atomic E-state index is -0.368. The van der Waals surface area contributed by atoms with E-state index in [9.17, 15) is 4.39 Å². The van der Waals surface area contributed by atoms with Gasteiger partial charge in [0.15, 0.2) is 0 Å². The number of morpholine rings is 1. The van der Waals surface area contributed by atoms with Gasteiger partial charge < -0.3 is 14.4 Å². The van der Waals surface area contributed by atoms with Crippen molar-refractivity contribution < 1.29 is 13.9 Å². The molecule has 0 aliphatic carbocycles. The molecule has 1 aliphatic rings.